The Morgan fingerprint density at radius 1 is 0.912 bits per heavy atom. The zero-order valence-corrected chi connectivity index (χ0v) is 19.3. The first-order chi connectivity index (χ1) is 16.6. The van der Waals surface area contributed by atoms with Gasteiger partial charge in [0.1, 0.15) is 11.3 Å². The van der Waals surface area contributed by atoms with Gasteiger partial charge in [0.15, 0.2) is 0 Å². The van der Waals surface area contributed by atoms with Gasteiger partial charge in [-0.2, -0.15) is 5.10 Å². The minimum absolute atomic E-state index is 0.0471. The number of amides is 1. The van der Waals surface area contributed by atoms with Crippen LogP contribution in [0.2, 0.25) is 0 Å². The molecule has 172 valence electrons. The number of rotatable bonds is 8. The highest BCUT2D eigenvalue weighted by Crippen LogP contribution is 2.32. The Kier molecular flexibility index (Phi) is 7.18. The fourth-order valence-electron chi connectivity index (χ4n) is 3.69. The van der Waals surface area contributed by atoms with Crippen LogP contribution in [0.5, 0.6) is 5.75 Å². The molecule has 1 amide bonds. The second-order valence-electron chi connectivity index (χ2n) is 7.94. The van der Waals surface area contributed by atoms with Crippen LogP contribution in [0.25, 0.3) is 22.4 Å². The summed E-state index contributed by atoms with van der Waals surface area (Å²) in [5.41, 5.74) is 2.80. The molecule has 6 heteroatoms. The van der Waals surface area contributed by atoms with Crippen molar-refractivity contribution in [1.82, 2.24) is 9.78 Å². The molecule has 4 rings (SSSR count). The van der Waals surface area contributed by atoms with E-state index in [1.165, 1.54) is 4.68 Å². The summed E-state index contributed by atoms with van der Waals surface area (Å²) in [4.78, 5) is 26.7. The number of unbranched alkanes of at least 4 members (excludes halogenated alkanes) is 1. The van der Waals surface area contributed by atoms with Crippen molar-refractivity contribution < 1.29 is 9.53 Å². The monoisotopic (exact) mass is 453 g/mol. The first-order valence-electron chi connectivity index (χ1n) is 11.3. The number of aromatic nitrogens is 2. The first-order valence-corrected chi connectivity index (χ1v) is 11.3. The molecule has 0 aliphatic carbocycles. The van der Waals surface area contributed by atoms with Gasteiger partial charge in [-0.15, -0.1) is 0 Å². The van der Waals surface area contributed by atoms with Gasteiger partial charge < -0.3 is 10.1 Å². The quantitative estimate of drug-likeness (QED) is 0.355. The van der Waals surface area contributed by atoms with Gasteiger partial charge in [0.2, 0.25) is 0 Å². The summed E-state index contributed by atoms with van der Waals surface area (Å²) in [6.45, 7) is 2.76. The molecule has 0 saturated heterocycles. The molecule has 0 aliphatic heterocycles. The van der Waals surface area contributed by atoms with Crippen molar-refractivity contribution in [2.24, 2.45) is 7.05 Å². The zero-order chi connectivity index (χ0) is 23.9. The Morgan fingerprint density at radius 2 is 1.53 bits per heavy atom. The predicted octanol–water partition coefficient (Wildman–Crippen LogP) is 5.55. The van der Waals surface area contributed by atoms with Crippen LogP contribution in [0, 0.1) is 0 Å². The second-order valence-corrected chi connectivity index (χ2v) is 7.94. The molecule has 1 aromatic heterocycles. The molecular weight excluding hydrogens is 426 g/mol. The van der Waals surface area contributed by atoms with Gasteiger partial charge in [0.05, 0.1) is 12.3 Å². The van der Waals surface area contributed by atoms with Crippen LogP contribution in [0.4, 0.5) is 5.69 Å². The molecule has 1 N–H and O–H groups in total. The normalized spacial score (nSPS) is 10.6. The fourth-order valence-corrected chi connectivity index (χ4v) is 3.69. The summed E-state index contributed by atoms with van der Waals surface area (Å²) < 4.78 is 6.91. The maximum Gasteiger partial charge on any atom is 0.280 e. The van der Waals surface area contributed by atoms with Crippen LogP contribution in [0.3, 0.4) is 0 Å². The summed E-state index contributed by atoms with van der Waals surface area (Å²) in [6, 6.07) is 26.1. The lowest BCUT2D eigenvalue weighted by Gasteiger charge is -2.16. The average Bonchev–Trinajstić information content (AvgIpc) is 2.87. The van der Waals surface area contributed by atoms with E-state index in [9.17, 15) is 9.59 Å². The Balaban J connectivity index is 1.76. The number of ether oxygens (including phenoxy) is 1. The predicted molar refractivity (Wildman–Crippen MR) is 135 cm³/mol. The Bertz CT molecular complexity index is 1320. The van der Waals surface area contributed by atoms with Crippen molar-refractivity contribution in [3.05, 3.63) is 101 Å². The molecule has 0 fully saturated rings. The first kappa shape index (κ1) is 23.0. The molecule has 0 aliphatic rings. The van der Waals surface area contributed by atoms with Gasteiger partial charge >= 0.3 is 0 Å². The van der Waals surface area contributed by atoms with Crippen molar-refractivity contribution in [2.75, 3.05) is 11.9 Å². The lowest BCUT2D eigenvalue weighted by Crippen LogP contribution is -2.31. The maximum absolute atomic E-state index is 13.5. The summed E-state index contributed by atoms with van der Waals surface area (Å²) in [6.07, 6.45) is 2.04. The van der Waals surface area contributed by atoms with Gasteiger partial charge in [0, 0.05) is 23.9 Å². The van der Waals surface area contributed by atoms with Crippen LogP contribution in [0.15, 0.2) is 89.7 Å². The van der Waals surface area contributed by atoms with E-state index in [1.54, 1.807) is 19.2 Å². The molecule has 0 unspecified atom stereocenters. The third-order valence-corrected chi connectivity index (χ3v) is 5.46. The third kappa shape index (κ3) is 5.07. The summed E-state index contributed by atoms with van der Waals surface area (Å²) in [5, 5.41) is 7.40. The van der Waals surface area contributed by atoms with Gasteiger partial charge in [-0.1, -0.05) is 74.0 Å². The van der Waals surface area contributed by atoms with Crippen molar-refractivity contribution in [3.63, 3.8) is 0 Å². The molecule has 0 bridgehead atoms. The van der Waals surface area contributed by atoms with E-state index in [2.05, 4.69) is 17.3 Å². The second kappa shape index (κ2) is 10.6. The third-order valence-electron chi connectivity index (χ3n) is 5.46. The number of hydrogen-bond acceptors (Lipinski definition) is 4. The lowest BCUT2D eigenvalue weighted by atomic mass is 9.95. The topological polar surface area (TPSA) is 73.2 Å². The van der Waals surface area contributed by atoms with Crippen LogP contribution in [-0.2, 0) is 7.05 Å². The largest absolute Gasteiger partial charge is 0.494 e. The number of benzene rings is 3. The van der Waals surface area contributed by atoms with Gasteiger partial charge in [-0.3, -0.25) is 9.59 Å². The van der Waals surface area contributed by atoms with Crippen LogP contribution in [0.1, 0.15) is 30.1 Å². The molecule has 0 spiro atoms. The van der Waals surface area contributed by atoms with E-state index < -0.39 is 11.5 Å². The number of nitrogens with zero attached hydrogens (tertiary/aromatic N) is 2. The van der Waals surface area contributed by atoms with Crippen LogP contribution < -0.4 is 15.6 Å². The number of aryl methyl sites for hydroxylation is 1. The Labute approximate surface area is 198 Å². The molecule has 34 heavy (non-hydrogen) atoms. The smallest absolute Gasteiger partial charge is 0.280 e. The summed E-state index contributed by atoms with van der Waals surface area (Å²) in [5.74, 6) is 0.251. The average molecular weight is 454 g/mol. The molecule has 0 saturated carbocycles. The highest BCUT2D eigenvalue weighted by atomic mass is 16.5. The fraction of sp³-hybridized carbons (Fsp3) is 0.179. The molecular formula is C28H27N3O3. The Hall–Kier alpha value is -4.19. The highest BCUT2D eigenvalue weighted by Gasteiger charge is 2.24. The number of carbonyl (C=O) groups excluding carboxylic acids is 1. The number of hydrogen-bond donors (Lipinski definition) is 1. The molecule has 0 radical (unpaired) electrons. The standard InChI is InChI=1S/C28H27N3O3/c1-3-4-19-34-23-17-15-22(16-18-23)29-27(32)25-24(20-11-7-5-8-12-20)26(30-31(2)28(25)33)21-13-9-6-10-14-21/h5-18H,3-4,19H2,1-2H3,(H,29,32). The summed E-state index contributed by atoms with van der Waals surface area (Å²) >= 11 is 0. The van der Waals surface area contributed by atoms with Gasteiger partial charge in [-0.25, -0.2) is 4.68 Å². The number of anilines is 1. The highest BCUT2D eigenvalue weighted by molar-refractivity contribution is 6.10. The van der Waals surface area contributed by atoms with Gasteiger partial charge in [-0.05, 0) is 36.2 Å². The van der Waals surface area contributed by atoms with E-state index >= 15 is 0 Å². The van der Waals surface area contributed by atoms with Crippen molar-refractivity contribution >= 4 is 11.6 Å². The zero-order valence-electron chi connectivity index (χ0n) is 19.3. The maximum atomic E-state index is 13.5. The molecule has 0 atom stereocenters. The van der Waals surface area contributed by atoms with Gasteiger partial charge in [0.25, 0.3) is 11.5 Å². The molecule has 6 nitrogen and oxygen atoms in total. The number of nitrogens with one attached hydrogen (secondary N) is 1. The van der Waals surface area contributed by atoms with Crippen molar-refractivity contribution in [3.8, 4) is 28.1 Å². The number of carbonyl (C=O) groups is 1. The minimum Gasteiger partial charge on any atom is -0.494 e. The minimum atomic E-state index is -0.487. The van der Waals surface area contributed by atoms with E-state index in [0.717, 1.165) is 29.7 Å². The van der Waals surface area contributed by atoms with Crippen molar-refractivity contribution in [1.29, 1.82) is 0 Å². The van der Waals surface area contributed by atoms with E-state index in [0.29, 0.717) is 23.6 Å². The SMILES string of the molecule is CCCCOc1ccc(NC(=O)c2c(-c3ccccc3)c(-c3ccccc3)nn(C)c2=O)cc1. The van der Waals surface area contributed by atoms with Crippen molar-refractivity contribution in [2.45, 2.75) is 19.8 Å². The van der Waals surface area contributed by atoms with E-state index in [-0.39, 0.29) is 5.56 Å². The lowest BCUT2D eigenvalue weighted by molar-refractivity contribution is 0.102. The molecule has 3 aromatic carbocycles. The Morgan fingerprint density at radius 3 is 2.15 bits per heavy atom. The molecule has 1 heterocycles. The van der Waals surface area contributed by atoms with E-state index in [1.807, 2.05) is 72.8 Å². The van der Waals surface area contributed by atoms with Crippen LogP contribution in [-0.4, -0.2) is 22.3 Å². The summed E-state index contributed by atoms with van der Waals surface area (Å²) in [7, 11) is 1.56. The van der Waals surface area contributed by atoms with E-state index in [4.69, 9.17) is 4.74 Å². The van der Waals surface area contributed by atoms with Crippen LogP contribution >= 0.6 is 0 Å². The molecule has 4 aromatic rings.